The maximum absolute atomic E-state index is 12.6. The Balaban J connectivity index is 1.65. The van der Waals surface area contributed by atoms with Gasteiger partial charge < -0.3 is 5.32 Å². The Labute approximate surface area is 193 Å². The van der Waals surface area contributed by atoms with Crippen LogP contribution in [-0.2, 0) is 14.8 Å². The summed E-state index contributed by atoms with van der Waals surface area (Å²) in [4.78, 5) is 22.2. The van der Waals surface area contributed by atoms with Crippen LogP contribution in [0.4, 0.5) is 17.1 Å². The number of nitrogens with zero attached hydrogens (tertiary/aromatic N) is 1. The molecule has 0 heterocycles. The molecular weight excluding hydrogens is 477 g/mol. The van der Waals surface area contributed by atoms with Gasteiger partial charge in [0.25, 0.3) is 15.7 Å². The molecule has 0 aliphatic carbocycles. The summed E-state index contributed by atoms with van der Waals surface area (Å²) in [6.45, 7) is 0. The highest BCUT2D eigenvalue weighted by Crippen LogP contribution is 2.31. The molecule has 0 atom stereocenters. The number of sulfonamides is 1. The quantitative estimate of drug-likeness (QED) is 0.262. The number of nitro groups is 1. The maximum Gasteiger partial charge on any atom is 0.269 e. The second-order valence-corrected chi connectivity index (χ2v) is 8.87. The number of anilines is 2. The summed E-state index contributed by atoms with van der Waals surface area (Å²) >= 11 is 11.9. The Morgan fingerprint density at radius 2 is 1.62 bits per heavy atom. The van der Waals surface area contributed by atoms with Crippen molar-refractivity contribution in [3.05, 3.63) is 98.5 Å². The largest absolute Gasteiger partial charge is 0.323 e. The molecule has 3 rings (SSSR count). The lowest BCUT2D eigenvalue weighted by molar-refractivity contribution is -0.384. The van der Waals surface area contributed by atoms with Crippen molar-refractivity contribution in [1.29, 1.82) is 0 Å². The molecular formula is C21H15Cl2N3O5S. The van der Waals surface area contributed by atoms with Gasteiger partial charge in [-0.2, -0.15) is 0 Å². The Hall–Kier alpha value is -3.40. The molecule has 0 bridgehead atoms. The molecule has 3 aromatic rings. The first kappa shape index (κ1) is 23.3. The van der Waals surface area contributed by atoms with E-state index in [0.29, 0.717) is 11.3 Å². The molecule has 32 heavy (non-hydrogen) atoms. The summed E-state index contributed by atoms with van der Waals surface area (Å²) in [5.41, 5.74) is 1.09. The van der Waals surface area contributed by atoms with Crippen LogP contribution in [-0.4, -0.2) is 19.2 Å². The Morgan fingerprint density at radius 1 is 0.969 bits per heavy atom. The van der Waals surface area contributed by atoms with E-state index in [2.05, 4.69) is 10.0 Å². The minimum Gasteiger partial charge on any atom is -0.323 e. The van der Waals surface area contributed by atoms with Crippen molar-refractivity contribution in [3.8, 4) is 0 Å². The van der Waals surface area contributed by atoms with Crippen molar-refractivity contribution in [3.63, 3.8) is 0 Å². The van der Waals surface area contributed by atoms with Gasteiger partial charge in [0.2, 0.25) is 5.91 Å². The lowest BCUT2D eigenvalue weighted by Crippen LogP contribution is -2.13. The highest BCUT2D eigenvalue weighted by Gasteiger charge is 2.16. The molecule has 0 saturated carbocycles. The Bertz CT molecular complexity index is 1290. The lowest BCUT2D eigenvalue weighted by atomic mass is 10.2. The number of nitrogens with one attached hydrogen (secondary N) is 2. The molecule has 3 aromatic carbocycles. The van der Waals surface area contributed by atoms with Crippen LogP contribution in [0.5, 0.6) is 0 Å². The van der Waals surface area contributed by atoms with Crippen molar-refractivity contribution in [2.45, 2.75) is 4.90 Å². The average Bonchev–Trinajstić information content (AvgIpc) is 2.76. The third-order valence-electron chi connectivity index (χ3n) is 4.16. The normalized spacial score (nSPS) is 11.3. The van der Waals surface area contributed by atoms with Crippen LogP contribution in [0.1, 0.15) is 5.56 Å². The topological polar surface area (TPSA) is 118 Å². The fourth-order valence-corrected chi connectivity index (χ4v) is 4.04. The zero-order chi connectivity index (χ0) is 23.3. The van der Waals surface area contributed by atoms with Crippen LogP contribution < -0.4 is 10.0 Å². The SMILES string of the molecule is O=C(/C=C/c1ccc([N+](=O)[O-])cc1)Nc1ccc(S(=O)(=O)Nc2cccc(Cl)c2Cl)cc1. The van der Waals surface area contributed by atoms with Crippen molar-refractivity contribution in [1.82, 2.24) is 0 Å². The number of benzene rings is 3. The number of carbonyl (C=O) groups is 1. The van der Waals surface area contributed by atoms with Crippen molar-refractivity contribution in [2.75, 3.05) is 10.0 Å². The van der Waals surface area contributed by atoms with Gasteiger partial charge in [0.05, 0.1) is 25.6 Å². The predicted molar refractivity (Wildman–Crippen MR) is 124 cm³/mol. The first-order valence-corrected chi connectivity index (χ1v) is 11.2. The third-order valence-corrected chi connectivity index (χ3v) is 6.36. The Morgan fingerprint density at radius 3 is 2.25 bits per heavy atom. The minimum absolute atomic E-state index is 0.0343. The first-order valence-electron chi connectivity index (χ1n) is 8.96. The van der Waals surface area contributed by atoms with E-state index in [0.717, 1.165) is 0 Å². The molecule has 8 nitrogen and oxygen atoms in total. The van der Waals surface area contributed by atoms with Gasteiger partial charge in [0.1, 0.15) is 0 Å². The third kappa shape index (κ3) is 5.85. The molecule has 1 amide bonds. The van der Waals surface area contributed by atoms with Crippen molar-refractivity contribution >= 4 is 62.3 Å². The number of nitro benzene ring substituents is 1. The van der Waals surface area contributed by atoms with Gasteiger partial charge in [-0.3, -0.25) is 19.6 Å². The number of carbonyl (C=O) groups excluding carboxylic acids is 1. The standard InChI is InChI=1S/C21H15Cl2N3O5S/c22-18-2-1-3-19(21(18)23)25-32(30,31)17-11-7-15(8-12-17)24-20(27)13-6-14-4-9-16(10-5-14)26(28)29/h1-13,25H,(H,24,27)/b13-6+. The highest BCUT2D eigenvalue weighted by atomic mass is 35.5. The van der Waals surface area contributed by atoms with E-state index in [1.807, 2.05) is 0 Å². The van der Waals surface area contributed by atoms with Crippen LogP contribution in [0.15, 0.2) is 77.7 Å². The second-order valence-electron chi connectivity index (χ2n) is 6.40. The number of non-ortho nitro benzene ring substituents is 1. The van der Waals surface area contributed by atoms with Gasteiger partial charge in [-0.25, -0.2) is 8.42 Å². The molecule has 0 fully saturated rings. The van der Waals surface area contributed by atoms with E-state index in [4.69, 9.17) is 23.2 Å². The average molecular weight is 492 g/mol. The number of rotatable bonds is 7. The van der Waals surface area contributed by atoms with Gasteiger partial charge in [0.15, 0.2) is 0 Å². The fourth-order valence-electron chi connectivity index (χ4n) is 2.57. The molecule has 11 heteroatoms. The summed E-state index contributed by atoms with van der Waals surface area (Å²) in [7, 11) is -3.92. The summed E-state index contributed by atoms with van der Waals surface area (Å²) in [5.74, 6) is -0.456. The molecule has 0 radical (unpaired) electrons. The summed E-state index contributed by atoms with van der Waals surface area (Å²) < 4.78 is 27.5. The molecule has 0 aliphatic heterocycles. The van der Waals surface area contributed by atoms with E-state index in [-0.39, 0.29) is 26.3 Å². The van der Waals surface area contributed by atoms with E-state index in [1.54, 1.807) is 6.07 Å². The molecule has 0 spiro atoms. The zero-order valence-corrected chi connectivity index (χ0v) is 18.5. The van der Waals surface area contributed by atoms with Crippen LogP contribution in [0.2, 0.25) is 10.0 Å². The number of hydrogen-bond donors (Lipinski definition) is 2. The number of amides is 1. The summed E-state index contributed by atoms with van der Waals surface area (Å²) in [6, 6.07) is 15.8. The smallest absolute Gasteiger partial charge is 0.269 e. The van der Waals surface area contributed by atoms with Gasteiger partial charge in [0, 0.05) is 23.9 Å². The lowest BCUT2D eigenvalue weighted by Gasteiger charge is -2.11. The van der Waals surface area contributed by atoms with Crippen LogP contribution in [0.3, 0.4) is 0 Å². The van der Waals surface area contributed by atoms with E-state index < -0.39 is 20.9 Å². The van der Waals surface area contributed by atoms with E-state index >= 15 is 0 Å². The van der Waals surface area contributed by atoms with Crippen molar-refractivity contribution < 1.29 is 18.1 Å². The molecule has 0 saturated heterocycles. The van der Waals surface area contributed by atoms with E-state index in [1.165, 1.54) is 72.8 Å². The van der Waals surface area contributed by atoms with Gasteiger partial charge in [-0.15, -0.1) is 0 Å². The van der Waals surface area contributed by atoms with Crippen LogP contribution in [0, 0.1) is 10.1 Å². The second kappa shape index (κ2) is 9.82. The van der Waals surface area contributed by atoms with E-state index in [9.17, 15) is 23.3 Å². The molecule has 164 valence electrons. The highest BCUT2D eigenvalue weighted by molar-refractivity contribution is 7.92. The molecule has 0 unspecified atom stereocenters. The van der Waals surface area contributed by atoms with Crippen molar-refractivity contribution in [2.24, 2.45) is 0 Å². The fraction of sp³-hybridized carbons (Fsp3) is 0. The summed E-state index contributed by atoms with van der Waals surface area (Å²) in [6.07, 6.45) is 2.76. The molecule has 0 aromatic heterocycles. The molecule has 2 N–H and O–H groups in total. The predicted octanol–water partition coefficient (Wildman–Crippen LogP) is 5.35. The monoisotopic (exact) mass is 491 g/mol. The minimum atomic E-state index is -3.92. The zero-order valence-electron chi connectivity index (χ0n) is 16.2. The summed E-state index contributed by atoms with van der Waals surface area (Å²) in [5, 5.41) is 13.6. The van der Waals surface area contributed by atoms with Gasteiger partial charge in [-0.05, 0) is 60.2 Å². The number of halogens is 2. The first-order chi connectivity index (χ1) is 15.2. The van der Waals surface area contributed by atoms with Gasteiger partial charge in [-0.1, -0.05) is 29.3 Å². The number of hydrogen-bond acceptors (Lipinski definition) is 5. The molecule has 0 aliphatic rings. The van der Waals surface area contributed by atoms with Crippen LogP contribution in [0.25, 0.3) is 6.08 Å². The van der Waals surface area contributed by atoms with Gasteiger partial charge >= 0.3 is 0 Å². The van der Waals surface area contributed by atoms with Crippen LogP contribution >= 0.6 is 23.2 Å². The maximum atomic E-state index is 12.6. The Kier molecular flexibility index (Phi) is 7.14.